The molecule has 0 atom stereocenters. The number of aromatic nitrogens is 15. The van der Waals surface area contributed by atoms with Crippen molar-refractivity contribution in [1.82, 2.24) is 77.6 Å². The van der Waals surface area contributed by atoms with Crippen molar-refractivity contribution in [3.63, 3.8) is 0 Å². The highest BCUT2D eigenvalue weighted by Gasteiger charge is 2.27. The number of esters is 1. The van der Waals surface area contributed by atoms with Crippen LogP contribution in [0.3, 0.4) is 0 Å². The van der Waals surface area contributed by atoms with E-state index in [2.05, 4.69) is 50.2 Å². The number of carbonyl (C=O) groups is 6. The number of aliphatic carboxylic acids is 1. The van der Waals surface area contributed by atoms with Gasteiger partial charge in [0.1, 0.15) is 69.6 Å². The summed E-state index contributed by atoms with van der Waals surface area (Å²) in [6.07, 6.45) is 4.00. The normalized spacial score (nSPS) is 11.2. The van der Waals surface area contributed by atoms with E-state index < -0.39 is 65.4 Å². The third kappa shape index (κ3) is 16.4. The molecule has 498 valence electrons. The van der Waals surface area contributed by atoms with Gasteiger partial charge in [0, 0.05) is 56.9 Å². The van der Waals surface area contributed by atoms with Crippen molar-refractivity contribution in [3.8, 4) is 0 Å². The summed E-state index contributed by atoms with van der Waals surface area (Å²) < 4.78 is 11.7. The lowest BCUT2D eigenvalue weighted by atomic mass is 10.1. The number of amides is 1. The number of nitrogens with zero attached hydrogens (tertiary/aromatic N) is 12. The van der Waals surface area contributed by atoms with Crippen molar-refractivity contribution in [3.05, 3.63) is 238 Å². The molecule has 9 heterocycles. The van der Waals surface area contributed by atoms with Crippen molar-refractivity contribution in [2.45, 2.75) is 53.1 Å². The van der Waals surface area contributed by atoms with E-state index in [1.165, 1.54) is 86.9 Å². The zero-order valence-corrected chi connectivity index (χ0v) is 56.7. The van der Waals surface area contributed by atoms with Gasteiger partial charge in [-0.05, 0) is 105 Å². The number of hydrogen-bond donors (Lipinski definition) is 5. The Hall–Kier alpha value is -9.42. The molecule has 0 saturated heterocycles. The lowest BCUT2D eigenvalue weighted by Crippen LogP contribution is -2.34. The third-order valence-electron chi connectivity index (χ3n) is 14.0. The summed E-state index contributed by atoms with van der Waals surface area (Å²) >= 11 is 53.9. The first-order valence-corrected chi connectivity index (χ1v) is 31.7. The van der Waals surface area contributed by atoms with Gasteiger partial charge in [0.15, 0.2) is 16.9 Å². The molecule has 0 saturated carbocycles. The number of hydrogen-bond acceptors (Lipinski definition) is 16. The van der Waals surface area contributed by atoms with Crippen LogP contribution in [0.4, 0.5) is 0 Å². The van der Waals surface area contributed by atoms with E-state index in [0.717, 1.165) is 13.7 Å². The van der Waals surface area contributed by atoms with Crippen LogP contribution in [0.15, 0.2) is 124 Å². The maximum Gasteiger partial charge on any atom is 0.329 e. The lowest BCUT2D eigenvalue weighted by molar-refractivity contribution is -0.144. The second-order valence-corrected chi connectivity index (χ2v) is 24.3. The van der Waals surface area contributed by atoms with E-state index in [1.54, 1.807) is 50.2 Å². The maximum atomic E-state index is 13.3. The van der Waals surface area contributed by atoms with Gasteiger partial charge >= 0.3 is 29.0 Å². The molecule has 12 aromatic rings. The molecular weight excluding hydrogens is 1450 g/mol. The molecule has 9 aromatic heterocycles. The number of H-pyrrole nitrogens is 3. The van der Waals surface area contributed by atoms with Crippen molar-refractivity contribution in [2.24, 2.45) is 0 Å². The molecule has 3 aromatic carbocycles. The lowest BCUT2D eigenvalue weighted by Gasteiger charge is -2.08. The van der Waals surface area contributed by atoms with Crippen LogP contribution in [0.2, 0.25) is 45.6 Å². The van der Waals surface area contributed by atoms with Crippen LogP contribution in [0.1, 0.15) is 79.5 Å². The first-order chi connectivity index (χ1) is 46.2. The molecule has 0 aliphatic heterocycles. The van der Waals surface area contributed by atoms with Gasteiger partial charge in [-0.15, -0.1) is 0 Å². The molecule has 12 rings (SSSR count). The molecule has 0 bridgehead atoms. The number of pyridine rings is 3. The number of benzene rings is 3. The van der Waals surface area contributed by atoms with Gasteiger partial charge in [-0.2, -0.15) is 0 Å². The third-order valence-corrected chi connectivity index (χ3v) is 16.2. The van der Waals surface area contributed by atoms with E-state index >= 15 is 0 Å². The Balaban J connectivity index is 0.000000158. The molecule has 0 unspecified atom stereocenters. The first kappa shape index (κ1) is 70.4. The minimum atomic E-state index is -1.28. The number of imidazole rings is 6. The van der Waals surface area contributed by atoms with Crippen LogP contribution in [0.25, 0.3) is 33.5 Å². The van der Waals surface area contributed by atoms with Crippen molar-refractivity contribution in [2.75, 3.05) is 13.2 Å². The topological polar surface area (TPSA) is 349 Å². The average molecular weight is 1500 g/mol. The molecule has 0 fully saturated rings. The maximum absolute atomic E-state index is 13.3. The Morgan fingerprint density at radius 2 is 0.784 bits per heavy atom. The summed E-state index contributed by atoms with van der Waals surface area (Å²) in [6, 6.07) is 23.1. The average Bonchev–Trinajstić information content (AvgIpc) is 1.67. The SMILES string of the molecule is CCNC(=O)Cn1c(C(=O)c2ccc(Cl)cc2Cl)cn(Cc2nc3nc(Cl)ccc3[nH]2)c1=O.CCOC(=O)Cn1c(C(=O)c2ccc(Cl)cc2Cl)cn(Cc2nc3nc(Cl)ccc3[nH]2)c1=O.O=C(O)Cn1c(C(=O)c2ccc(Cl)cc2Cl)cn(Cc2nc3nc(Cl)ccc3[nH]2)c1=O. The van der Waals surface area contributed by atoms with Crippen LogP contribution >= 0.6 is 104 Å². The minimum absolute atomic E-state index is 0.00271. The summed E-state index contributed by atoms with van der Waals surface area (Å²) in [6.45, 7) is 2.42. The fraction of sp³-hybridized carbons (Fsp3) is 0.164. The molecule has 27 nitrogen and oxygen atoms in total. The zero-order valence-electron chi connectivity index (χ0n) is 49.8. The van der Waals surface area contributed by atoms with Crippen molar-refractivity contribution >= 4 is 173 Å². The highest BCUT2D eigenvalue weighted by molar-refractivity contribution is 6.39. The van der Waals surface area contributed by atoms with Crippen LogP contribution in [-0.4, -0.2) is 126 Å². The van der Waals surface area contributed by atoms with Crippen molar-refractivity contribution < 1.29 is 38.6 Å². The van der Waals surface area contributed by atoms with Crippen LogP contribution in [-0.2, 0) is 58.4 Å². The molecule has 1 amide bonds. The van der Waals surface area contributed by atoms with Gasteiger partial charge in [-0.3, -0.25) is 56.2 Å². The second kappa shape index (κ2) is 30.3. The van der Waals surface area contributed by atoms with Gasteiger partial charge in [-0.1, -0.05) is 104 Å². The summed E-state index contributed by atoms with van der Waals surface area (Å²) in [7, 11) is 0. The van der Waals surface area contributed by atoms with Gasteiger partial charge < -0.3 is 30.1 Å². The fourth-order valence-corrected chi connectivity index (χ4v) is 11.6. The van der Waals surface area contributed by atoms with Gasteiger partial charge in [-0.25, -0.2) is 44.3 Å². The number of carboxylic acids is 1. The smallest absolute Gasteiger partial charge is 0.329 e. The number of nitrogens with one attached hydrogen (secondary N) is 4. The standard InChI is InChI=1S/C21H17Cl3N6O3.C21H16Cl3N5O4.C19H12Cl3N5O4/c1-2-25-18(31)10-30-15(19(32)12-4-3-11(22)7-13(12)23)8-29(21(30)33)9-17-26-14-5-6-16(24)27-20(14)28-17;1-2-33-18(30)10-29-15(19(31)12-4-3-11(22)7-13(12)23)8-28(21(29)32)9-17-25-14-5-6-16(24)26-20(14)27-17;20-9-1-2-10(11(21)5-9)17(30)13-6-26(19(31)27(13)8-16(28)29)7-15-23-12-3-4-14(22)24-18(12)25-15/h3-8H,2,9-10H2,1H3,(H,25,31)(H,26,27,28);3-8H,2,9-10H2,1H3,(H,25,26,27);1-6H,7-8H2,(H,28,29)(H,23,24,25). The fourth-order valence-electron chi connectivity index (χ4n) is 9.70. The second-order valence-electron chi connectivity index (χ2n) is 20.6. The number of ether oxygens (including phenoxy) is 1. The summed E-state index contributed by atoms with van der Waals surface area (Å²) in [5.41, 5.74) is 1.44. The Morgan fingerprint density at radius 3 is 1.09 bits per heavy atom. The number of carbonyl (C=O) groups excluding carboxylic acids is 5. The number of halogens is 9. The Labute approximate surface area is 589 Å². The number of likely N-dealkylation sites (N-methyl/N-ethyl adjacent to an activating group) is 1. The number of rotatable bonds is 20. The van der Waals surface area contributed by atoms with Crippen LogP contribution in [0, 0.1) is 0 Å². The molecule has 97 heavy (non-hydrogen) atoms. The number of fused-ring (bicyclic) bond motifs is 3. The predicted molar refractivity (Wildman–Crippen MR) is 363 cm³/mol. The van der Waals surface area contributed by atoms with Crippen LogP contribution in [0.5, 0.6) is 0 Å². The van der Waals surface area contributed by atoms with Gasteiger partial charge in [0.05, 0.1) is 57.9 Å². The van der Waals surface area contributed by atoms with Gasteiger partial charge in [0.2, 0.25) is 23.3 Å². The Morgan fingerprint density at radius 1 is 0.454 bits per heavy atom. The number of ketones is 3. The van der Waals surface area contributed by atoms with Crippen LogP contribution < -0.4 is 22.4 Å². The van der Waals surface area contributed by atoms with E-state index in [9.17, 15) is 48.3 Å². The van der Waals surface area contributed by atoms with E-state index in [-0.39, 0.29) is 91.9 Å². The Bertz CT molecular complexity index is 5100. The van der Waals surface area contributed by atoms with Crippen molar-refractivity contribution in [1.29, 1.82) is 0 Å². The number of carboxylic acid groups (broad SMARTS) is 1. The first-order valence-electron chi connectivity index (χ1n) is 28.3. The molecule has 0 aliphatic carbocycles. The molecule has 0 radical (unpaired) electrons. The molecule has 36 heteroatoms. The quantitative estimate of drug-likeness (QED) is 0.0269. The minimum Gasteiger partial charge on any atom is -0.480 e. The Kier molecular flexibility index (Phi) is 22.0. The van der Waals surface area contributed by atoms with Gasteiger partial charge in [0.25, 0.3) is 0 Å². The highest BCUT2D eigenvalue weighted by Crippen LogP contribution is 2.28. The summed E-state index contributed by atoms with van der Waals surface area (Å²) in [4.78, 5) is 149. The number of aromatic amines is 3. The predicted octanol–water partition coefficient (Wildman–Crippen LogP) is 10.3. The zero-order chi connectivity index (χ0) is 69.7. The monoisotopic (exact) mass is 1490 g/mol. The highest BCUT2D eigenvalue weighted by atomic mass is 35.5. The molecular formula is C61H45Cl9N16O11. The van der Waals surface area contributed by atoms with E-state index in [0.29, 0.717) is 77.7 Å². The summed E-state index contributed by atoms with van der Waals surface area (Å²) in [5.74, 6) is -2.80. The summed E-state index contributed by atoms with van der Waals surface area (Å²) in [5, 5.41) is 14.1. The molecule has 0 spiro atoms. The molecule has 0 aliphatic rings. The van der Waals surface area contributed by atoms with E-state index in [1.807, 2.05) is 0 Å². The van der Waals surface area contributed by atoms with E-state index in [4.69, 9.17) is 109 Å². The molecule has 5 N–H and O–H groups in total. The largest absolute Gasteiger partial charge is 0.480 e.